The molecule has 0 fully saturated rings. The second-order valence-corrected chi connectivity index (χ2v) is 7.50. The van der Waals surface area contributed by atoms with Crippen LogP contribution in [0.1, 0.15) is 36.6 Å². The van der Waals surface area contributed by atoms with Crippen LogP contribution in [0.4, 0.5) is 0 Å². The maximum Gasteiger partial charge on any atom is 0.259 e. The molecule has 6 nitrogen and oxygen atoms in total. The summed E-state index contributed by atoms with van der Waals surface area (Å²) in [7, 11) is -3.58. The Kier molecular flexibility index (Phi) is 5.46. The standard InChI is InChI=1S/C15H20N4O2S.ClH/c1-11(2)19-9-15(17-10-19)22(20,21)18-6-12-3-4-13-7-16-8-14(13)5-12;/h3-5,9-11,16,18H,6-8H2,1-2H3;1H. The number of fused-ring (bicyclic) bond motifs is 1. The Labute approximate surface area is 142 Å². The van der Waals surface area contributed by atoms with Gasteiger partial charge >= 0.3 is 0 Å². The summed E-state index contributed by atoms with van der Waals surface area (Å²) < 4.78 is 28.9. The Morgan fingerprint density at radius 2 is 2.04 bits per heavy atom. The minimum Gasteiger partial charge on any atom is -0.334 e. The number of sulfonamides is 1. The van der Waals surface area contributed by atoms with Gasteiger partial charge in [-0.1, -0.05) is 18.2 Å². The summed E-state index contributed by atoms with van der Waals surface area (Å²) in [6.07, 6.45) is 3.10. The van der Waals surface area contributed by atoms with Crippen LogP contribution < -0.4 is 10.0 Å². The van der Waals surface area contributed by atoms with Crippen molar-refractivity contribution in [3.05, 3.63) is 47.4 Å². The molecule has 0 saturated carbocycles. The molecule has 1 aromatic heterocycles. The van der Waals surface area contributed by atoms with E-state index < -0.39 is 10.0 Å². The van der Waals surface area contributed by atoms with Gasteiger partial charge in [-0.25, -0.2) is 18.1 Å². The molecule has 1 aromatic carbocycles. The third-order valence-corrected chi connectivity index (χ3v) is 5.10. The molecule has 2 aromatic rings. The highest BCUT2D eigenvalue weighted by molar-refractivity contribution is 7.89. The van der Waals surface area contributed by atoms with Crippen LogP contribution in [0.5, 0.6) is 0 Å². The third kappa shape index (κ3) is 3.92. The molecule has 0 unspecified atom stereocenters. The van der Waals surface area contributed by atoms with Crippen molar-refractivity contribution >= 4 is 22.4 Å². The highest BCUT2D eigenvalue weighted by atomic mass is 35.5. The van der Waals surface area contributed by atoms with E-state index in [0.717, 1.165) is 18.7 Å². The first kappa shape index (κ1) is 17.9. The first-order valence-corrected chi connectivity index (χ1v) is 8.78. The zero-order valence-corrected chi connectivity index (χ0v) is 14.7. The van der Waals surface area contributed by atoms with Crippen LogP contribution in [0, 0.1) is 0 Å². The van der Waals surface area contributed by atoms with E-state index >= 15 is 0 Å². The van der Waals surface area contributed by atoms with Gasteiger partial charge in [0.25, 0.3) is 10.0 Å². The van der Waals surface area contributed by atoms with Gasteiger partial charge in [0.05, 0.1) is 6.33 Å². The van der Waals surface area contributed by atoms with Crippen molar-refractivity contribution in [1.82, 2.24) is 19.6 Å². The van der Waals surface area contributed by atoms with E-state index in [-0.39, 0.29) is 30.0 Å². The molecule has 0 spiro atoms. The molecule has 1 aliphatic rings. The molecule has 0 radical (unpaired) electrons. The molecular weight excluding hydrogens is 336 g/mol. The summed E-state index contributed by atoms with van der Waals surface area (Å²) >= 11 is 0. The number of nitrogens with one attached hydrogen (secondary N) is 2. The summed E-state index contributed by atoms with van der Waals surface area (Å²) in [5, 5.41) is 3.33. The summed E-state index contributed by atoms with van der Waals surface area (Å²) in [5.74, 6) is 0. The molecule has 2 N–H and O–H groups in total. The number of rotatable bonds is 5. The van der Waals surface area contributed by atoms with Crippen LogP contribution in [0.15, 0.2) is 35.7 Å². The van der Waals surface area contributed by atoms with E-state index in [0.29, 0.717) is 0 Å². The molecule has 2 heterocycles. The monoisotopic (exact) mass is 356 g/mol. The molecule has 23 heavy (non-hydrogen) atoms. The zero-order chi connectivity index (χ0) is 15.7. The van der Waals surface area contributed by atoms with E-state index in [9.17, 15) is 8.42 Å². The SMILES string of the molecule is CC(C)n1cnc(S(=O)(=O)NCc2ccc3c(c2)CNC3)c1.Cl. The summed E-state index contributed by atoms with van der Waals surface area (Å²) in [6.45, 7) is 5.95. The van der Waals surface area contributed by atoms with Gasteiger partial charge in [-0.15, -0.1) is 12.4 Å². The number of aromatic nitrogens is 2. The Morgan fingerprint density at radius 1 is 1.30 bits per heavy atom. The Hall–Kier alpha value is -1.41. The molecule has 0 aliphatic carbocycles. The van der Waals surface area contributed by atoms with Crippen molar-refractivity contribution in [2.75, 3.05) is 0 Å². The molecule has 3 rings (SSSR count). The second-order valence-electron chi connectivity index (χ2n) is 5.78. The quantitative estimate of drug-likeness (QED) is 0.858. The average molecular weight is 357 g/mol. The van der Waals surface area contributed by atoms with Gasteiger partial charge in [0.1, 0.15) is 0 Å². The van der Waals surface area contributed by atoms with Crippen molar-refractivity contribution < 1.29 is 8.42 Å². The molecular formula is C15H21ClN4O2S. The van der Waals surface area contributed by atoms with Gasteiger partial charge in [0.15, 0.2) is 5.03 Å². The smallest absolute Gasteiger partial charge is 0.259 e. The average Bonchev–Trinajstić information content (AvgIpc) is 3.13. The fraction of sp³-hybridized carbons (Fsp3) is 0.400. The largest absolute Gasteiger partial charge is 0.334 e. The van der Waals surface area contributed by atoms with Crippen LogP contribution in [-0.4, -0.2) is 18.0 Å². The topological polar surface area (TPSA) is 76.0 Å². The summed E-state index contributed by atoms with van der Waals surface area (Å²) in [6, 6.07) is 6.23. The van der Waals surface area contributed by atoms with Crippen molar-refractivity contribution in [1.29, 1.82) is 0 Å². The predicted molar refractivity (Wildman–Crippen MR) is 90.9 cm³/mol. The number of nitrogens with zero attached hydrogens (tertiary/aromatic N) is 2. The summed E-state index contributed by atoms with van der Waals surface area (Å²) in [4.78, 5) is 3.98. The Bertz CT molecular complexity index is 787. The first-order chi connectivity index (χ1) is 10.5. The van der Waals surface area contributed by atoms with Crippen molar-refractivity contribution in [2.24, 2.45) is 0 Å². The highest BCUT2D eigenvalue weighted by Crippen LogP contribution is 2.17. The lowest BCUT2D eigenvalue weighted by Gasteiger charge is -2.07. The molecule has 1 aliphatic heterocycles. The van der Waals surface area contributed by atoms with E-state index in [1.807, 2.05) is 32.0 Å². The Balaban J connectivity index is 0.00000192. The number of benzene rings is 1. The van der Waals surface area contributed by atoms with Gasteiger partial charge in [0.2, 0.25) is 0 Å². The zero-order valence-electron chi connectivity index (χ0n) is 13.1. The highest BCUT2D eigenvalue weighted by Gasteiger charge is 2.18. The first-order valence-electron chi connectivity index (χ1n) is 7.30. The van der Waals surface area contributed by atoms with Gasteiger partial charge in [0, 0.05) is 31.9 Å². The lowest BCUT2D eigenvalue weighted by atomic mass is 10.1. The van der Waals surface area contributed by atoms with Gasteiger partial charge in [-0.2, -0.15) is 0 Å². The van der Waals surface area contributed by atoms with E-state index in [4.69, 9.17) is 0 Å². The third-order valence-electron chi connectivity index (χ3n) is 3.82. The van der Waals surface area contributed by atoms with Gasteiger partial charge in [-0.3, -0.25) is 0 Å². The maximum atomic E-state index is 12.3. The number of halogens is 1. The maximum absolute atomic E-state index is 12.3. The normalized spacial score (nSPS) is 13.9. The minimum absolute atomic E-state index is 0. The molecule has 0 saturated heterocycles. The number of hydrogen-bond acceptors (Lipinski definition) is 4. The van der Waals surface area contributed by atoms with Crippen LogP contribution in [0.2, 0.25) is 0 Å². The number of hydrogen-bond donors (Lipinski definition) is 2. The fourth-order valence-corrected chi connectivity index (χ4v) is 3.40. The lowest BCUT2D eigenvalue weighted by Crippen LogP contribution is -2.23. The number of imidazole rings is 1. The van der Waals surface area contributed by atoms with Crippen LogP contribution in [0.3, 0.4) is 0 Å². The molecule has 0 atom stereocenters. The molecule has 0 bridgehead atoms. The predicted octanol–water partition coefficient (Wildman–Crippen LogP) is 1.97. The Morgan fingerprint density at radius 3 is 2.74 bits per heavy atom. The fourth-order valence-electron chi connectivity index (χ4n) is 2.45. The van der Waals surface area contributed by atoms with Gasteiger partial charge in [-0.05, 0) is 30.5 Å². The van der Waals surface area contributed by atoms with Crippen molar-refractivity contribution in [3.8, 4) is 0 Å². The minimum atomic E-state index is -3.58. The van der Waals surface area contributed by atoms with Crippen molar-refractivity contribution in [2.45, 2.75) is 44.5 Å². The lowest BCUT2D eigenvalue weighted by molar-refractivity contribution is 0.576. The second kappa shape index (κ2) is 7.00. The van der Waals surface area contributed by atoms with Crippen LogP contribution in [-0.2, 0) is 29.7 Å². The molecule has 0 amide bonds. The molecule has 126 valence electrons. The van der Waals surface area contributed by atoms with Crippen molar-refractivity contribution in [3.63, 3.8) is 0 Å². The van der Waals surface area contributed by atoms with E-state index in [2.05, 4.69) is 15.0 Å². The van der Waals surface area contributed by atoms with E-state index in [1.54, 1.807) is 17.1 Å². The van der Waals surface area contributed by atoms with Gasteiger partial charge < -0.3 is 9.88 Å². The van der Waals surface area contributed by atoms with Crippen LogP contribution in [0.25, 0.3) is 0 Å². The summed E-state index contributed by atoms with van der Waals surface area (Å²) in [5.41, 5.74) is 3.47. The van der Waals surface area contributed by atoms with Crippen LogP contribution >= 0.6 is 12.4 Å². The molecule has 8 heteroatoms. The van der Waals surface area contributed by atoms with E-state index in [1.165, 1.54) is 11.1 Å².